The minimum atomic E-state index is -0.533. The van der Waals surface area contributed by atoms with Gasteiger partial charge in [0, 0.05) is 12.6 Å². The maximum absolute atomic E-state index is 14.4. The van der Waals surface area contributed by atoms with Crippen LogP contribution >= 0.6 is 0 Å². The first kappa shape index (κ1) is 22.2. The van der Waals surface area contributed by atoms with Gasteiger partial charge in [-0.05, 0) is 29.2 Å². The standard InChI is InChI=1S/C22H27FN2O4/c1-15(2)12-24-25-17-9-10-21(20(23)11-17)29-13-16-7-5-6-8-18(16)19(14-27-3)22(26)28-4/h5-11,14-15,24-25H,12-13H2,1-4H3/b19-14+. The topological polar surface area (TPSA) is 68.8 Å². The fourth-order valence-electron chi connectivity index (χ4n) is 2.57. The van der Waals surface area contributed by atoms with Gasteiger partial charge in [-0.2, -0.15) is 0 Å². The maximum Gasteiger partial charge on any atom is 0.341 e. The van der Waals surface area contributed by atoms with E-state index in [4.69, 9.17) is 14.2 Å². The van der Waals surface area contributed by atoms with E-state index in [-0.39, 0.29) is 17.9 Å². The first-order valence-corrected chi connectivity index (χ1v) is 9.27. The molecule has 2 N–H and O–H groups in total. The number of anilines is 1. The zero-order chi connectivity index (χ0) is 21.2. The number of carbonyl (C=O) groups is 1. The summed E-state index contributed by atoms with van der Waals surface area (Å²) >= 11 is 0. The van der Waals surface area contributed by atoms with Gasteiger partial charge in [0.1, 0.15) is 12.2 Å². The van der Waals surface area contributed by atoms with Crippen molar-refractivity contribution in [2.45, 2.75) is 20.5 Å². The number of hydrogen-bond acceptors (Lipinski definition) is 6. The second kappa shape index (κ2) is 11.1. The predicted molar refractivity (Wildman–Crippen MR) is 111 cm³/mol. The van der Waals surface area contributed by atoms with E-state index in [9.17, 15) is 9.18 Å². The molecule has 2 aromatic rings. The van der Waals surface area contributed by atoms with Crippen LogP contribution in [0.2, 0.25) is 0 Å². The molecule has 2 rings (SSSR count). The number of benzene rings is 2. The van der Waals surface area contributed by atoms with Gasteiger partial charge in [0.2, 0.25) is 0 Å². The Bertz CT molecular complexity index is 852. The summed E-state index contributed by atoms with van der Waals surface area (Å²) in [7, 11) is 2.75. The Morgan fingerprint density at radius 2 is 1.93 bits per heavy atom. The summed E-state index contributed by atoms with van der Waals surface area (Å²) in [6, 6.07) is 11.8. The number of esters is 1. The number of hydrogen-bond donors (Lipinski definition) is 2. The molecule has 29 heavy (non-hydrogen) atoms. The normalized spacial score (nSPS) is 11.3. The number of carbonyl (C=O) groups excluding carboxylic acids is 1. The van der Waals surface area contributed by atoms with Gasteiger partial charge in [0.25, 0.3) is 0 Å². The number of ether oxygens (including phenoxy) is 3. The fraction of sp³-hybridized carbons (Fsp3) is 0.318. The van der Waals surface area contributed by atoms with E-state index >= 15 is 0 Å². The summed E-state index contributed by atoms with van der Waals surface area (Å²) < 4.78 is 29.9. The average molecular weight is 402 g/mol. The SMILES string of the molecule is CO/C=C(/C(=O)OC)c1ccccc1COc1ccc(NNCC(C)C)cc1F. The highest BCUT2D eigenvalue weighted by Crippen LogP contribution is 2.25. The van der Waals surface area contributed by atoms with Gasteiger partial charge in [-0.1, -0.05) is 38.1 Å². The molecule has 6 nitrogen and oxygen atoms in total. The van der Waals surface area contributed by atoms with Crippen molar-refractivity contribution in [3.05, 3.63) is 65.7 Å². The lowest BCUT2D eigenvalue weighted by Gasteiger charge is -2.14. The van der Waals surface area contributed by atoms with Crippen molar-refractivity contribution >= 4 is 17.2 Å². The van der Waals surface area contributed by atoms with E-state index in [2.05, 4.69) is 24.7 Å². The highest BCUT2D eigenvalue weighted by Gasteiger charge is 2.17. The van der Waals surface area contributed by atoms with Crippen molar-refractivity contribution in [2.24, 2.45) is 5.92 Å². The van der Waals surface area contributed by atoms with Crippen LogP contribution in [0, 0.1) is 11.7 Å². The zero-order valence-electron chi connectivity index (χ0n) is 17.1. The monoisotopic (exact) mass is 402 g/mol. The van der Waals surface area contributed by atoms with Gasteiger partial charge in [-0.3, -0.25) is 0 Å². The lowest BCUT2D eigenvalue weighted by molar-refractivity contribution is -0.133. The molecule has 0 bridgehead atoms. The minimum absolute atomic E-state index is 0.0729. The van der Waals surface area contributed by atoms with E-state index in [1.54, 1.807) is 30.3 Å². The molecular weight excluding hydrogens is 375 g/mol. The highest BCUT2D eigenvalue weighted by molar-refractivity contribution is 6.16. The van der Waals surface area contributed by atoms with E-state index < -0.39 is 11.8 Å². The average Bonchev–Trinajstić information content (AvgIpc) is 2.71. The van der Waals surface area contributed by atoms with Crippen molar-refractivity contribution in [1.29, 1.82) is 0 Å². The lowest BCUT2D eigenvalue weighted by Crippen LogP contribution is -2.25. The second-order valence-electron chi connectivity index (χ2n) is 6.75. The molecule has 0 fully saturated rings. The fourth-order valence-corrected chi connectivity index (χ4v) is 2.57. The number of nitrogens with one attached hydrogen (secondary N) is 2. The molecule has 0 spiro atoms. The molecule has 0 saturated heterocycles. The van der Waals surface area contributed by atoms with Crippen LogP contribution in [0.3, 0.4) is 0 Å². The number of rotatable bonds is 10. The molecule has 7 heteroatoms. The summed E-state index contributed by atoms with van der Waals surface area (Å²) in [5.41, 5.74) is 8.14. The van der Waals surface area contributed by atoms with Crippen LogP contribution in [0.25, 0.3) is 5.57 Å². The van der Waals surface area contributed by atoms with Gasteiger partial charge in [-0.25, -0.2) is 14.6 Å². The maximum atomic E-state index is 14.4. The van der Waals surface area contributed by atoms with Gasteiger partial charge in [0.15, 0.2) is 11.6 Å². The Balaban J connectivity index is 2.12. The van der Waals surface area contributed by atoms with Gasteiger partial charge in [-0.15, -0.1) is 0 Å². The molecule has 0 unspecified atom stereocenters. The molecule has 0 aromatic heterocycles. The third kappa shape index (κ3) is 6.50. The predicted octanol–water partition coefficient (Wildman–Crippen LogP) is 4.14. The van der Waals surface area contributed by atoms with E-state index in [0.29, 0.717) is 22.7 Å². The molecule has 0 radical (unpaired) electrons. The summed E-state index contributed by atoms with van der Waals surface area (Å²) in [5, 5.41) is 0. The van der Waals surface area contributed by atoms with Crippen LogP contribution in [0.1, 0.15) is 25.0 Å². The summed E-state index contributed by atoms with van der Waals surface area (Å²) in [5.74, 6) is -0.434. The van der Waals surface area contributed by atoms with Crippen LogP contribution in [0.5, 0.6) is 5.75 Å². The first-order chi connectivity index (χ1) is 14.0. The largest absolute Gasteiger partial charge is 0.503 e. The first-order valence-electron chi connectivity index (χ1n) is 9.27. The van der Waals surface area contributed by atoms with Crippen molar-refractivity contribution in [3.63, 3.8) is 0 Å². The van der Waals surface area contributed by atoms with Gasteiger partial charge < -0.3 is 19.6 Å². The molecule has 156 valence electrons. The highest BCUT2D eigenvalue weighted by atomic mass is 19.1. The summed E-state index contributed by atoms with van der Waals surface area (Å²) in [6.45, 7) is 4.99. The lowest BCUT2D eigenvalue weighted by atomic mass is 10.0. The van der Waals surface area contributed by atoms with E-state index in [0.717, 1.165) is 6.54 Å². The number of methoxy groups -OCH3 is 2. The third-order valence-electron chi connectivity index (χ3n) is 4.01. The molecule has 0 atom stereocenters. The van der Waals surface area contributed by atoms with Crippen LogP contribution in [-0.2, 0) is 20.9 Å². The Kier molecular flexibility index (Phi) is 8.48. The second-order valence-corrected chi connectivity index (χ2v) is 6.75. The Hall–Kier alpha value is -3.06. The van der Waals surface area contributed by atoms with Crippen LogP contribution in [-0.4, -0.2) is 26.7 Å². The van der Waals surface area contributed by atoms with Crippen molar-refractivity contribution in [3.8, 4) is 5.75 Å². The van der Waals surface area contributed by atoms with E-state index in [1.165, 1.54) is 26.5 Å². The van der Waals surface area contributed by atoms with E-state index in [1.807, 2.05) is 6.07 Å². The van der Waals surface area contributed by atoms with Crippen molar-refractivity contribution in [1.82, 2.24) is 5.43 Å². The molecular formula is C22H27FN2O4. The van der Waals surface area contributed by atoms with Crippen molar-refractivity contribution in [2.75, 3.05) is 26.2 Å². The molecule has 2 aromatic carbocycles. The zero-order valence-corrected chi connectivity index (χ0v) is 17.1. The minimum Gasteiger partial charge on any atom is -0.503 e. The summed E-state index contributed by atoms with van der Waals surface area (Å²) in [6.07, 6.45) is 1.32. The van der Waals surface area contributed by atoms with Crippen LogP contribution in [0.15, 0.2) is 48.7 Å². The molecule has 0 aliphatic rings. The Labute approximate surface area is 170 Å². The van der Waals surface area contributed by atoms with Crippen LogP contribution in [0.4, 0.5) is 10.1 Å². The summed E-state index contributed by atoms with van der Waals surface area (Å²) in [4.78, 5) is 12.1. The number of hydrazine groups is 1. The number of halogens is 1. The molecule has 0 aliphatic heterocycles. The quantitative estimate of drug-likeness (QED) is 0.269. The molecule has 0 heterocycles. The van der Waals surface area contributed by atoms with Gasteiger partial charge >= 0.3 is 5.97 Å². The van der Waals surface area contributed by atoms with Gasteiger partial charge in [0.05, 0.1) is 26.2 Å². The Morgan fingerprint density at radius 1 is 1.17 bits per heavy atom. The molecule has 0 saturated carbocycles. The third-order valence-corrected chi connectivity index (χ3v) is 4.01. The van der Waals surface area contributed by atoms with Crippen molar-refractivity contribution < 1.29 is 23.4 Å². The Morgan fingerprint density at radius 3 is 2.59 bits per heavy atom. The van der Waals surface area contributed by atoms with Crippen LogP contribution < -0.4 is 15.6 Å². The molecule has 0 aliphatic carbocycles. The molecule has 0 amide bonds. The smallest absolute Gasteiger partial charge is 0.341 e.